The summed E-state index contributed by atoms with van der Waals surface area (Å²) >= 11 is 0. The van der Waals surface area contributed by atoms with Gasteiger partial charge in [0.05, 0.1) is 0 Å². The molecule has 5 nitrogen and oxygen atoms in total. The van der Waals surface area contributed by atoms with E-state index in [-0.39, 0.29) is 6.09 Å². The normalized spacial score (nSPS) is 18.4. The first-order valence-electron chi connectivity index (χ1n) is 9.56. The summed E-state index contributed by atoms with van der Waals surface area (Å²) in [5.74, 6) is 0.651. The number of hydrogen-bond donors (Lipinski definition) is 0. The third-order valence-corrected chi connectivity index (χ3v) is 4.52. The van der Waals surface area contributed by atoms with E-state index in [2.05, 4.69) is 22.9 Å². The summed E-state index contributed by atoms with van der Waals surface area (Å²) in [6, 6.07) is 4.52. The predicted octanol–water partition coefficient (Wildman–Crippen LogP) is 4.78. The van der Waals surface area contributed by atoms with Crippen LogP contribution in [0.4, 0.5) is 10.6 Å². The number of aromatic nitrogens is 1. The van der Waals surface area contributed by atoms with Crippen molar-refractivity contribution in [3.05, 3.63) is 23.9 Å². The summed E-state index contributed by atoms with van der Waals surface area (Å²) in [5.41, 5.74) is 0.742. The lowest BCUT2D eigenvalue weighted by atomic mass is 10.1. The molecule has 0 spiro atoms. The number of carbonyl (C=O) groups excluding carboxylic acids is 1. The zero-order chi connectivity index (χ0) is 18.4. The van der Waals surface area contributed by atoms with Crippen LogP contribution in [0.15, 0.2) is 18.3 Å². The van der Waals surface area contributed by atoms with Crippen molar-refractivity contribution < 1.29 is 9.53 Å². The number of pyridine rings is 1. The zero-order valence-electron chi connectivity index (χ0n) is 16.4. The van der Waals surface area contributed by atoms with Crippen molar-refractivity contribution in [2.75, 3.05) is 24.5 Å². The van der Waals surface area contributed by atoms with E-state index in [0.717, 1.165) is 6.54 Å². The van der Waals surface area contributed by atoms with Gasteiger partial charge in [0.15, 0.2) is 0 Å². The van der Waals surface area contributed by atoms with Crippen molar-refractivity contribution in [2.24, 2.45) is 0 Å². The minimum absolute atomic E-state index is 0.347. The fourth-order valence-corrected chi connectivity index (χ4v) is 3.29. The number of rotatable bonds is 6. The van der Waals surface area contributed by atoms with Crippen molar-refractivity contribution in [2.45, 2.75) is 71.9 Å². The number of hydrogen-bond acceptors (Lipinski definition) is 4. The van der Waals surface area contributed by atoms with Crippen LogP contribution in [-0.4, -0.2) is 41.2 Å². The molecule has 0 bridgehead atoms. The Morgan fingerprint density at radius 2 is 2.12 bits per heavy atom. The molecular formula is C20H33N3O2. The largest absolute Gasteiger partial charge is 0.443 e. The molecule has 5 heteroatoms. The van der Waals surface area contributed by atoms with Crippen LogP contribution in [0.5, 0.6) is 0 Å². The fraction of sp³-hybridized carbons (Fsp3) is 0.700. The van der Waals surface area contributed by atoms with Gasteiger partial charge >= 0.3 is 6.09 Å². The first-order valence-corrected chi connectivity index (χ1v) is 9.56. The monoisotopic (exact) mass is 347 g/mol. The highest BCUT2D eigenvalue weighted by Crippen LogP contribution is 2.32. The van der Waals surface area contributed by atoms with Gasteiger partial charge in [-0.25, -0.2) is 9.78 Å². The molecule has 1 aromatic heterocycles. The third kappa shape index (κ3) is 5.43. The van der Waals surface area contributed by atoms with Gasteiger partial charge < -0.3 is 4.74 Å². The number of unbranched alkanes of at least 4 members (excludes halogenated alkanes) is 1. The van der Waals surface area contributed by atoms with E-state index < -0.39 is 5.60 Å². The van der Waals surface area contributed by atoms with E-state index in [9.17, 15) is 4.79 Å². The number of carbonyl (C=O) groups is 1. The van der Waals surface area contributed by atoms with Gasteiger partial charge in [-0.05, 0) is 71.7 Å². The van der Waals surface area contributed by atoms with Crippen molar-refractivity contribution in [3.63, 3.8) is 0 Å². The molecule has 1 saturated heterocycles. The fourth-order valence-electron chi connectivity index (χ4n) is 3.29. The van der Waals surface area contributed by atoms with Gasteiger partial charge in [-0.15, -0.1) is 0 Å². The Labute approximate surface area is 152 Å². The van der Waals surface area contributed by atoms with E-state index in [1.54, 1.807) is 4.90 Å². The molecule has 1 aromatic rings. The molecule has 0 aliphatic carbocycles. The van der Waals surface area contributed by atoms with Crippen LogP contribution in [0.25, 0.3) is 0 Å². The molecule has 1 atom stereocenters. The molecule has 2 heterocycles. The second-order valence-electron chi connectivity index (χ2n) is 7.72. The Morgan fingerprint density at radius 3 is 2.68 bits per heavy atom. The van der Waals surface area contributed by atoms with Gasteiger partial charge in [0.1, 0.15) is 11.4 Å². The maximum Gasteiger partial charge on any atom is 0.415 e. The highest BCUT2D eigenvalue weighted by atomic mass is 16.6. The SMILES string of the molecule is CCCCN1CCC[C@H]1c1ccc(N(CC)C(=O)OC(C)(C)C)nc1. The van der Waals surface area contributed by atoms with Crippen LogP contribution in [0, 0.1) is 0 Å². The first kappa shape index (κ1) is 19.7. The maximum absolute atomic E-state index is 12.4. The summed E-state index contributed by atoms with van der Waals surface area (Å²) < 4.78 is 5.48. The lowest BCUT2D eigenvalue weighted by Gasteiger charge is -2.27. The number of ether oxygens (including phenoxy) is 1. The Morgan fingerprint density at radius 1 is 1.36 bits per heavy atom. The molecule has 1 aliphatic heterocycles. The van der Waals surface area contributed by atoms with E-state index in [1.165, 1.54) is 37.8 Å². The minimum atomic E-state index is -0.506. The molecular weight excluding hydrogens is 314 g/mol. The van der Waals surface area contributed by atoms with Crippen LogP contribution in [0.3, 0.4) is 0 Å². The van der Waals surface area contributed by atoms with Crippen molar-refractivity contribution in [1.29, 1.82) is 0 Å². The van der Waals surface area contributed by atoms with Gasteiger partial charge in [0, 0.05) is 18.8 Å². The van der Waals surface area contributed by atoms with Crippen LogP contribution in [0.1, 0.15) is 71.9 Å². The van der Waals surface area contributed by atoms with Gasteiger partial charge in [-0.3, -0.25) is 9.80 Å². The second-order valence-corrected chi connectivity index (χ2v) is 7.72. The van der Waals surface area contributed by atoms with Gasteiger partial charge in [-0.2, -0.15) is 0 Å². The molecule has 0 unspecified atom stereocenters. The Balaban J connectivity index is 2.08. The summed E-state index contributed by atoms with van der Waals surface area (Å²) in [7, 11) is 0. The molecule has 0 saturated carbocycles. The molecule has 1 fully saturated rings. The molecule has 25 heavy (non-hydrogen) atoms. The van der Waals surface area contributed by atoms with Crippen molar-refractivity contribution >= 4 is 11.9 Å². The molecule has 140 valence electrons. The summed E-state index contributed by atoms with van der Waals surface area (Å²) in [6.07, 6.45) is 6.48. The lowest BCUT2D eigenvalue weighted by molar-refractivity contribution is 0.0581. The van der Waals surface area contributed by atoms with Crippen LogP contribution < -0.4 is 4.90 Å². The van der Waals surface area contributed by atoms with Gasteiger partial charge in [0.2, 0.25) is 0 Å². The van der Waals surface area contributed by atoms with Crippen LogP contribution in [-0.2, 0) is 4.74 Å². The Hall–Kier alpha value is -1.62. The van der Waals surface area contributed by atoms with Gasteiger partial charge in [-0.1, -0.05) is 19.4 Å². The minimum Gasteiger partial charge on any atom is -0.443 e. The van der Waals surface area contributed by atoms with Crippen LogP contribution >= 0.6 is 0 Å². The average molecular weight is 348 g/mol. The number of anilines is 1. The Kier molecular flexibility index (Phi) is 6.82. The molecule has 0 radical (unpaired) electrons. The predicted molar refractivity (Wildman–Crippen MR) is 102 cm³/mol. The van der Waals surface area contributed by atoms with E-state index in [0.29, 0.717) is 18.4 Å². The molecule has 1 aliphatic rings. The molecule has 1 amide bonds. The number of amides is 1. The third-order valence-electron chi connectivity index (χ3n) is 4.52. The maximum atomic E-state index is 12.4. The highest BCUT2D eigenvalue weighted by Gasteiger charge is 2.27. The number of nitrogens with zero attached hydrogens (tertiary/aromatic N) is 3. The second kappa shape index (κ2) is 8.65. The quantitative estimate of drug-likeness (QED) is 0.743. The van der Waals surface area contributed by atoms with Crippen LogP contribution in [0.2, 0.25) is 0 Å². The smallest absolute Gasteiger partial charge is 0.415 e. The summed E-state index contributed by atoms with van der Waals surface area (Å²) in [5, 5.41) is 0. The van der Waals surface area contributed by atoms with E-state index in [1.807, 2.05) is 40.0 Å². The molecule has 0 aromatic carbocycles. The number of likely N-dealkylation sites (tertiary alicyclic amines) is 1. The topological polar surface area (TPSA) is 45.7 Å². The first-order chi connectivity index (χ1) is 11.9. The zero-order valence-corrected chi connectivity index (χ0v) is 16.4. The highest BCUT2D eigenvalue weighted by molar-refractivity contribution is 5.86. The van der Waals surface area contributed by atoms with Crippen molar-refractivity contribution in [3.8, 4) is 0 Å². The van der Waals surface area contributed by atoms with Crippen molar-refractivity contribution in [1.82, 2.24) is 9.88 Å². The molecule has 2 rings (SSSR count). The summed E-state index contributed by atoms with van der Waals surface area (Å²) in [4.78, 5) is 21.1. The Bertz CT molecular complexity index is 551. The average Bonchev–Trinajstić information content (AvgIpc) is 3.01. The molecule has 0 N–H and O–H groups in total. The summed E-state index contributed by atoms with van der Waals surface area (Å²) in [6.45, 7) is 12.7. The van der Waals surface area contributed by atoms with E-state index in [4.69, 9.17) is 4.74 Å². The van der Waals surface area contributed by atoms with E-state index >= 15 is 0 Å². The standard InChI is InChI=1S/C20H33N3O2/c1-6-8-13-22-14-9-10-17(22)16-11-12-18(21-15-16)23(7-2)19(24)25-20(3,4)5/h11-12,15,17H,6-10,13-14H2,1-5H3/t17-/m0/s1. The van der Waals surface area contributed by atoms with Gasteiger partial charge in [0.25, 0.3) is 0 Å². The lowest BCUT2D eigenvalue weighted by Crippen LogP contribution is -2.37.